The van der Waals surface area contributed by atoms with Crippen molar-refractivity contribution in [3.05, 3.63) is 22.4 Å². The van der Waals surface area contributed by atoms with Gasteiger partial charge in [-0.25, -0.2) is 0 Å². The zero-order valence-electron chi connectivity index (χ0n) is 9.23. The summed E-state index contributed by atoms with van der Waals surface area (Å²) in [6.45, 7) is 2.10. The molecule has 0 saturated carbocycles. The summed E-state index contributed by atoms with van der Waals surface area (Å²) in [6.07, 6.45) is 2.08. The number of carbonyl (C=O) groups is 1. The standard InChI is InChI=1S/C11H16N2OS2/c1-2-4-8(9-5-3-6-16-9)13-11(14)7-10(12)15/h3,5-6,8H,2,4,7H2,1H3,(H2,12,15)(H,13,14). The largest absolute Gasteiger partial charge is 0.393 e. The molecule has 0 aliphatic rings. The van der Waals surface area contributed by atoms with Crippen molar-refractivity contribution in [3.8, 4) is 0 Å². The van der Waals surface area contributed by atoms with Crippen molar-refractivity contribution in [3.63, 3.8) is 0 Å². The topological polar surface area (TPSA) is 55.1 Å². The van der Waals surface area contributed by atoms with Crippen LogP contribution in [0.5, 0.6) is 0 Å². The maximum Gasteiger partial charge on any atom is 0.227 e. The van der Waals surface area contributed by atoms with E-state index < -0.39 is 0 Å². The number of carbonyl (C=O) groups excluding carboxylic acids is 1. The molecule has 0 bridgehead atoms. The Morgan fingerprint density at radius 2 is 2.44 bits per heavy atom. The van der Waals surface area contributed by atoms with E-state index in [1.165, 1.54) is 4.88 Å². The van der Waals surface area contributed by atoms with Gasteiger partial charge in [-0.1, -0.05) is 31.6 Å². The van der Waals surface area contributed by atoms with Crippen molar-refractivity contribution < 1.29 is 4.79 Å². The maximum absolute atomic E-state index is 11.6. The molecular formula is C11H16N2OS2. The Balaban J connectivity index is 2.58. The molecule has 0 fully saturated rings. The molecule has 1 rings (SSSR count). The molecule has 88 valence electrons. The molecule has 0 aliphatic carbocycles. The zero-order chi connectivity index (χ0) is 12.0. The van der Waals surface area contributed by atoms with Crippen molar-refractivity contribution in [1.82, 2.24) is 5.32 Å². The molecule has 3 N–H and O–H groups in total. The third-order valence-corrected chi connectivity index (χ3v) is 3.26. The Hall–Kier alpha value is -0.940. The van der Waals surface area contributed by atoms with Crippen LogP contribution >= 0.6 is 23.6 Å². The van der Waals surface area contributed by atoms with Crippen molar-refractivity contribution in [2.45, 2.75) is 32.2 Å². The lowest BCUT2D eigenvalue weighted by Crippen LogP contribution is -2.30. The lowest BCUT2D eigenvalue weighted by atomic mass is 10.1. The molecule has 0 radical (unpaired) electrons. The number of rotatable bonds is 6. The Bertz CT molecular complexity index is 349. The smallest absolute Gasteiger partial charge is 0.227 e. The van der Waals surface area contributed by atoms with Gasteiger partial charge in [-0.2, -0.15) is 0 Å². The van der Waals surface area contributed by atoms with Crippen LogP contribution in [0.3, 0.4) is 0 Å². The summed E-state index contributed by atoms with van der Waals surface area (Å²) in [7, 11) is 0. The lowest BCUT2D eigenvalue weighted by Gasteiger charge is -2.16. The molecule has 0 spiro atoms. The summed E-state index contributed by atoms with van der Waals surface area (Å²) in [5.41, 5.74) is 5.33. The van der Waals surface area contributed by atoms with Gasteiger partial charge in [-0.05, 0) is 17.9 Å². The van der Waals surface area contributed by atoms with Crippen LogP contribution in [-0.4, -0.2) is 10.9 Å². The zero-order valence-corrected chi connectivity index (χ0v) is 10.9. The van der Waals surface area contributed by atoms with Gasteiger partial charge in [0, 0.05) is 4.88 Å². The summed E-state index contributed by atoms with van der Waals surface area (Å²) in [5, 5.41) is 4.97. The number of hydrogen-bond donors (Lipinski definition) is 2. The Kier molecular flexibility index (Phi) is 5.42. The van der Waals surface area contributed by atoms with Crippen LogP contribution in [0, 0.1) is 0 Å². The number of hydrogen-bond acceptors (Lipinski definition) is 3. The average Bonchev–Trinajstić information content (AvgIpc) is 2.68. The number of amides is 1. The average molecular weight is 256 g/mol. The van der Waals surface area contributed by atoms with E-state index >= 15 is 0 Å². The van der Waals surface area contributed by atoms with Gasteiger partial charge < -0.3 is 11.1 Å². The second-order valence-corrected chi connectivity index (χ2v) is 5.07. The van der Waals surface area contributed by atoms with Crippen LogP contribution in [0.1, 0.15) is 37.1 Å². The SMILES string of the molecule is CCCC(NC(=O)CC(N)=S)c1cccs1. The van der Waals surface area contributed by atoms with Crippen molar-refractivity contribution in [2.24, 2.45) is 5.73 Å². The molecule has 0 saturated heterocycles. The highest BCUT2D eigenvalue weighted by Crippen LogP contribution is 2.23. The second-order valence-electron chi connectivity index (χ2n) is 3.57. The van der Waals surface area contributed by atoms with E-state index in [2.05, 4.69) is 12.2 Å². The molecular weight excluding hydrogens is 240 g/mol. The van der Waals surface area contributed by atoms with E-state index in [4.69, 9.17) is 18.0 Å². The highest BCUT2D eigenvalue weighted by atomic mass is 32.1. The molecule has 16 heavy (non-hydrogen) atoms. The maximum atomic E-state index is 11.6. The van der Waals surface area contributed by atoms with E-state index in [1.54, 1.807) is 11.3 Å². The molecule has 1 unspecified atom stereocenters. The van der Waals surface area contributed by atoms with Gasteiger partial charge in [0.25, 0.3) is 0 Å². The number of nitrogens with two attached hydrogens (primary N) is 1. The Morgan fingerprint density at radius 1 is 1.69 bits per heavy atom. The van der Waals surface area contributed by atoms with Crippen molar-refractivity contribution in [1.29, 1.82) is 0 Å². The van der Waals surface area contributed by atoms with E-state index in [0.717, 1.165) is 12.8 Å². The van der Waals surface area contributed by atoms with E-state index in [0.29, 0.717) is 0 Å². The van der Waals surface area contributed by atoms with Crippen LogP contribution < -0.4 is 11.1 Å². The lowest BCUT2D eigenvalue weighted by molar-refractivity contribution is -0.120. The third-order valence-electron chi connectivity index (χ3n) is 2.13. The van der Waals surface area contributed by atoms with Crippen LogP contribution in [0.25, 0.3) is 0 Å². The predicted molar refractivity (Wildman–Crippen MR) is 71.5 cm³/mol. The minimum Gasteiger partial charge on any atom is -0.393 e. The highest BCUT2D eigenvalue weighted by molar-refractivity contribution is 7.80. The van der Waals surface area contributed by atoms with E-state index in [-0.39, 0.29) is 23.4 Å². The first-order valence-corrected chi connectivity index (χ1v) is 6.53. The van der Waals surface area contributed by atoms with Gasteiger partial charge >= 0.3 is 0 Å². The summed E-state index contributed by atoms with van der Waals surface area (Å²) < 4.78 is 0. The minimum atomic E-state index is -0.0978. The first-order valence-electron chi connectivity index (χ1n) is 5.24. The quantitative estimate of drug-likeness (QED) is 0.768. The first kappa shape index (κ1) is 13.1. The van der Waals surface area contributed by atoms with E-state index in [1.807, 2.05) is 17.5 Å². The van der Waals surface area contributed by atoms with Gasteiger partial charge in [-0.3, -0.25) is 4.79 Å². The fourth-order valence-electron chi connectivity index (χ4n) is 1.47. The number of thiocarbonyl (C=S) groups is 1. The van der Waals surface area contributed by atoms with Crippen LogP contribution in [0.15, 0.2) is 17.5 Å². The molecule has 1 atom stereocenters. The van der Waals surface area contributed by atoms with Gasteiger partial charge in [0.15, 0.2) is 0 Å². The van der Waals surface area contributed by atoms with Crippen LogP contribution in [0.4, 0.5) is 0 Å². The van der Waals surface area contributed by atoms with Crippen LogP contribution in [-0.2, 0) is 4.79 Å². The summed E-state index contributed by atoms with van der Waals surface area (Å²) in [4.78, 5) is 13.0. The Morgan fingerprint density at radius 3 is 2.94 bits per heavy atom. The third kappa shape index (κ3) is 4.28. The van der Waals surface area contributed by atoms with Gasteiger partial charge in [0.05, 0.1) is 17.5 Å². The highest BCUT2D eigenvalue weighted by Gasteiger charge is 2.14. The fourth-order valence-corrected chi connectivity index (χ4v) is 2.41. The normalized spacial score (nSPS) is 12.1. The van der Waals surface area contributed by atoms with Crippen LogP contribution in [0.2, 0.25) is 0 Å². The Labute approximate surface area is 105 Å². The molecule has 3 nitrogen and oxygen atoms in total. The first-order chi connectivity index (χ1) is 7.63. The molecule has 1 amide bonds. The molecule has 0 aromatic carbocycles. The number of nitrogens with one attached hydrogen (secondary N) is 1. The molecule has 1 heterocycles. The molecule has 1 aromatic rings. The van der Waals surface area contributed by atoms with Crippen molar-refractivity contribution >= 4 is 34.5 Å². The second kappa shape index (κ2) is 6.60. The van der Waals surface area contributed by atoms with Crippen molar-refractivity contribution in [2.75, 3.05) is 0 Å². The summed E-state index contributed by atoms with van der Waals surface area (Å²) in [5.74, 6) is -0.0978. The predicted octanol–water partition coefficient (Wildman–Crippen LogP) is 2.38. The van der Waals surface area contributed by atoms with Gasteiger partial charge in [-0.15, -0.1) is 11.3 Å². The minimum absolute atomic E-state index is 0.0897. The summed E-state index contributed by atoms with van der Waals surface area (Å²) >= 11 is 6.36. The van der Waals surface area contributed by atoms with Gasteiger partial charge in [0.1, 0.15) is 0 Å². The van der Waals surface area contributed by atoms with Gasteiger partial charge in [0.2, 0.25) is 5.91 Å². The van der Waals surface area contributed by atoms with E-state index in [9.17, 15) is 4.79 Å². The molecule has 1 aromatic heterocycles. The summed E-state index contributed by atoms with van der Waals surface area (Å²) in [6, 6.07) is 4.11. The number of thiophene rings is 1. The molecule has 5 heteroatoms. The molecule has 0 aliphatic heterocycles. The fraction of sp³-hybridized carbons (Fsp3) is 0.455. The monoisotopic (exact) mass is 256 g/mol.